The van der Waals surface area contributed by atoms with Crippen molar-refractivity contribution in [3.8, 4) is 0 Å². The standard InChI is InChI=1S/C15H22N2O/c1-15(18)7-8-16-10-14(15)17-9-6-12-4-2-3-5-13(12)11-17/h2-5,14,16,18H,6-11H2,1H3. The van der Waals surface area contributed by atoms with Crippen LogP contribution in [0.2, 0.25) is 0 Å². The Morgan fingerprint density at radius 1 is 1.33 bits per heavy atom. The van der Waals surface area contributed by atoms with Crippen LogP contribution in [0.1, 0.15) is 24.5 Å². The zero-order valence-corrected chi connectivity index (χ0v) is 11.0. The molecule has 0 aromatic heterocycles. The van der Waals surface area contributed by atoms with Crippen LogP contribution in [-0.2, 0) is 13.0 Å². The second-order valence-corrected chi connectivity index (χ2v) is 5.82. The van der Waals surface area contributed by atoms with E-state index in [1.54, 1.807) is 0 Å². The maximum absolute atomic E-state index is 10.6. The number of nitrogens with one attached hydrogen (secondary N) is 1. The highest BCUT2D eigenvalue weighted by atomic mass is 16.3. The van der Waals surface area contributed by atoms with Gasteiger partial charge in [-0.3, -0.25) is 4.90 Å². The van der Waals surface area contributed by atoms with Gasteiger partial charge in [-0.15, -0.1) is 0 Å². The molecule has 0 amide bonds. The maximum atomic E-state index is 10.6. The predicted molar refractivity (Wildman–Crippen MR) is 72.5 cm³/mol. The topological polar surface area (TPSA) is 35.5 Å². The molecule has 2 aliphatic heterocycles. The lowest BCUT2D eigenvalue weighted by molar-refractivity contribution is -0.0571. The summed E-state index contributed by atoms with van der Waals surface area (Å²) in [7, 11) is 0. The highest BCUT2D eigenvalue weighted by molar-refractivity contribution is 5.29. The van der Waals surface area contributed by atoms with Crippen LogP contribution < -0.4 is 5.32 Å². The fraction of sp³-hybridized carbons (Fsp3) is 0.600. The summed E-state index contributed by atoms with van der Waals surface area (Å²) < 4.78 is 0. The first-order valence-electron chi connectivity index (χ1n) is 6.91. The van der Waals surface area contributed by atoms with Crippen molar-refractivity contribution in [1.29, 1.82) is 0 Å². The molecular formula is C15H22N2O. The van der Waals surface area contributed by atoms with Crippen molar-refractivity contribution in [2.45, 2.75) is 38.0 Å². The Morgan fingerprint density at radius 3 is 2.89 bits per heavy atom. The second-order valence-electron chi connectivity index (χ2n) is 5.82. The molecule has 3 rings (SSSR count). The monoisotopic (exact) mass is 246 g/mol. The molecule has 2 atom stereocenters. The van der Waals surface area contributed by atoms with Gasteiger partial charge >= 0.3 is 0 Å². The van der Waals surface area contributed by atoms with Crippen molar-refractivity contribution in [1.82, 2.24) is 10.2 Å². The molecule has 1 aromatic rings. The number of piperidine rings is 1. The minimum atomic E-state index is -0.558. The Morgan fingerprint density at radius 2 is 2.11 bits per heavy atom. The van der Waals surface area contributed by atoms with Gasteiger partial charge in [0.15, 0.2) is 0 Å². The number of aliphatic hydroxyl groups is 1. The number of benzene rings is 1. The van der Waals surface area contributed by atoms with Crippen LogP contribution in [0, 0.1) is 0 Å². The van der Waals surface area contributed by atoms with Crippen LogP contribution in [0.5, 0.6) is 0 Å². The molecule has 2 N–H and O–H groups in total. The number of nitrogens with zero attached hydrogens (tertiary/aromatic N) is 1. The second kappa shape index (κ2) is 4.65. The third kappa shape index (κ3) is 2.18. The summed E-state index contributed by atoms with van der Waals surface area (Å²) in [6, 6.07) is 8.91. The molecule has 18 heavy (non-hydrogen) atoms. The van der Waals surface area contributed by atoms with Crippen molar-refractivity contribution in [2.24, 2.45) is 0 Å². The van der Waals surface area contributed by atoms with Crippen LogP contribution in [-0.4, -0.2) is 41.3 Å². The minimum absolute atomic E-state index is 0.236. The highest BCUT2D eigenvalue weighted by Gasteiger charge is 2.39. The van der Waals surface area contributed by atoms with Gasteiger partial charge in [0.05, 0.1) is 11.6 Å². The first-order valence-corrected chi connectivity index (χ1v) is 6.91. The van der Waals surface area contributed by atoms with Crippen LogP contribution in [0.15, 0.2) is 24.3 Å². The fourth-order valence-corrected chi connectivity index (χ4v) is 3.27. The van der Waals surface area contributed by atoms with Crippen molar-refractivity contribution in [2.75, 3.05) is 19.6 Å². The van der Waals surface area contributed by atoms with E-state index in [-0.39, 0.29) is 6.04 Å². The molecule has 2 unspecified atom stereocenters. The molecule has 3 heteroatoms. The first kappa shape index (κ1) is 12.2. The number of hydrogen-bond donors (Lipinski definition) is 2. The van der Waals surface area contributed by atoms with Gasteiger partial charge in [0.2, 0.25) is 0 Å². The molecule has 1 fully saturated rings. The molecule has 1 aromatic carbocycles. The van der Waals surface area contributed by atoms with Crippen molar-refractivity contribution in [3.05, 3.63) is 35.4 Å². The molecular weight excluding hydrogens is 224 g/mol. The Hall–Kier alpha value is -0.900. The summed E-state index contributed by atoms with van der Waals surface area (Å²) in [5, 5.41) is 14.0. The quantitative estimate of drug-likeness (QED) is 0.780. The summed E-state index contributed by atoms with van der Waals surface area (Å²) >= 11 is 0. The van der Waals surface area contributed by atoms with Crippen LogP contribution in [0.4, 0.5) is 0 Å². The van der Waals surface area contributed by atoms with Gasteiger partial charge in [-0.1, -0.05) is 24.3 Å². The van der Waals surface area contributed by atoms with Crippen LogP contribution in [0.3, 0.4) is 0 Å². The van der Waals surface area contributed by atoms with Gasteiger partial charge in [0, 0.05) is 19.6 Å². The van der Waals surface area contributed by atoms with E-state index in [0.29, 0.717) is 0 Å². The largest absolute Gasteiger partial charge is 0.388 e. The van der Waals surface area contributed by atoms with Gasteiger partial charge in [0.1, 0.15) is 0 Å². The van der Waals surface area contributed by atoms with E-state index in [1.807, 2.05) is 6.92 Å². The third-order valence-electron chi connectivity index (χ3n) is 4.46. The molecule has 2 heterocycles. The predicted octanol–water partition coefficient (Wildman–Crippen LogP) is 1.16. The van der Waals surface area contributed by atoms with E-state index in [9.17, 15) is 5.11 Å². The molecule has 0 saturated carbocycles. The zero-order valence-electron chi connectivity index (χ0n) is 11.0. The maximum Gasteiger partial charge on any atom is 0.0798 e. The molecule has 1 saturated heterocycles. The molecule has 0 bridgehead atoms. The Bertz CT molecular complexity index is 430. The van der Waals surface area contributed by atoms with Gasteiger partial charge < -0.3 is 10.4 Å². The first-order chi connectivity index (χ1) is 8.67. The number of hydrogen-bond acceptors (Lipinski definition) is 3. The molecule has 3 nitrogen and oxygen atoms in total. The Kier molecular flexibility index (Phi) is 3.14. The SMILES string of the molecule is CC1(O)CCNCC1N1CCc2ccccc2C1. The average Bonchev–Trinajstić information content (AvgIpc) is 2.38. The normalized spacial score (nSPS) is 33.1. The van der Waals surface area contributed by atoms with E-state index >= 15 is 0 Å². The molecule has 0 radical (unpaired) electrons. The summed E-state index contributed by atoms with van der Waals surface area (Å²) in [6.07, 6.45) is 1.94. The van der Waals surface area contributed by atoms with E-state index in [1.165, 1.54) is 11.1 Å². The number of rotatable bonds is 1. The van der Waals surface area contributed by atoms with Gasteiger partial charge in [-0.05, 0) is 37.4 Å². The minimum Gasteiger partial charge on any atom is -0.388 e. The summed E-state index contributed by atoms with van der Waals surface area (Å²) in [4.78, 5) is 2.44. The Labute approximate surface area is 109 Å². The molecule has 98 valence electrons. The van der Waals surface area contributed by atoms with E-state index in [0.717, 1.165) is 39.0 Å². The lowest BCUT2D eigenvalue weighted by atomic mass is 9.86. The lowest BCUT2D eigenvalue weighted by Crippen LogP contribution is -2.60. The highest BCUT2D eigenvalue weighted by Crippen LogP contribution is 2.27. The summed E-state index contributed by atoms with van der Waals surface area (Å²) in [6.45, 7) is 5.83. The van der Waals surface area contributed by atoms with Gasteiger partial charge in [-0.2, -0.15) is 0 Å². The lowest BCUT2D eigenvalue weighted by Gasteiger charge is -2.45. The smallest absolute Gasteiger partial charge is 0.0798 e. The van der Waals surface area contributed by atoms with E-state index in [2.05, 4.69) is 34.5 Å². The third-order valence-corrected chi connectivity index (χ3v) is 4.46. The Balaban J connectivity index is 1.79. The summed E-state index contributed by atoms with van der Waals surface area (Å²) in [5.74, 6) is 0. The summed E-state index contributed by atoms with van der Waals surface area (Å²) in [5.41, 5.74) is 2.33. The molecule has 2 aliphatic rings. The van der Waals surface area contributed by atoms with Crippen molar-refractivity contribution in [3.63, 3.8) is 0 Å². The van der Waals surface area contributed by atoms with Crippen molar-refractivity contribution >= 4 is 0 Å². The van der Waals surface area contributed by atoms with E-state index < -0.39 is 5.60 Å². The van der Waals surface area contributed by atoms with Crippen LogP contribution >= 0.6 is 0 Å². The van der Waals surface area contributed by atoms with Gasteiger partial charge in [-0.25, -0.2) is 0 Å². The van der Waals surface area contributed by atoms with E-state index in [4.69, 9.17) is 0 Å². The number of fused-ring (bicyclic) bond motifs is 1. The average molecular weight is 246 g/mol. The van der Waals surface area contributed by atoms with Gasteiger partial charge in [0.25, 0.3) is 0 Å². The molecule has 0 spiro atoms. The molecule has 0 aliphatic carbocycles. The van der Waals surface area contributed by atoms with Crippen LogP contribution in [0.25, 0.3) is 0 Å². The van der Waals surface area contributed by atoms with Crippen molar-refractivity contribution < 1.29 is 5.11 Å². The zero-order chi connectivity index (χ0) is 12.6. The fourth-order valence-electron chi connectivity index (χ4n) is 3.27.